The second kappa shape index (κ2) is 8.94. The van der Waals surface area contributed by atoms with E-state index in [9.17, 15) is 4.79 Å². The van der Waals surface area contributed by atoms with Gasteiger partial charge < -0.3 is 19.7 Å². The Balaban J connectivity index is 1.66. The molecular weight excluding hydrogens is 348 g/mol. The van der Waals surface area contributed by atoms with E-state index in [1.807, 2.05) is 17.0 Å². The summed E-state index contributed by atoms with van der Waals surface area (Å²) in [6.45, 7) is 0.805. The van der Waals surface area contributed by atoms with Crippen LogP contribution in [0.25, 0.3) is 0 Å². The summed E-state index contributed by atoms with van der Waals surface area (Å²) in [6, 6.07) is 9.91. The Hall–Kier alpha value is -2.21. The number of urea groups is 1. The lowest BCUT2D eigenvalue weighted by Crippen LogP contribution is -2.46. The fourth-order valence-corrected chi connectivity index (χ4v) is 4.15. The minimum atomic E-state index is -0.0515. The minimum absolute atomic E-state index is 0.0515. The Labute approximate surface area is 158 Å². The van der Waals surface area contributed by atoms with Crippen molar-refractivity contribution in [1.82, 2.24) is 4.90 Å². The molecule has 1 fully saturated rings. The molecule has 1 aromatic carbocycles. The van der Waals surface area contributed by atoms with Crippen molar-refractivity contribution < 1.29 is 14.3 Å². The van der Waals surface area contributed by atoms with Gasteiger partial charge in [-0.1, -0.05) is 6.07 Å². The number of anilines is 1. The van der Waals surface area contributed by atoms with E-state index in [2.05, 4.69) is 22.8 Å². The Bertz CT molecular complexity index is 718. The first-order valence-electron chi connectivity index (χ1n) is 9.03. The van der Waals surface area contributed by atoms with Crippen LogP contribution >= 0.6 is 11.3 Å². The van der Waals surface area contributed by atoms with Crippen molar-refractivity contribution in [3.63, 3.8) is 0 Å². The van der Waals surface area contributed by atoms with Gasteiger partial charge >= 0.3 is 6.03 Å². The number of thiophene rings is 1. The van der Waals surface area contributed by atoms with Crippen LogP contribution in [-0.4, -0.2) is 37.7 Å². The quantitative estimate of drug-likeness (QED) is 0.791. The molecule has 0 radical (unpaired) electrons. The number of rotatable bonds is 6. The average molecular weight is 375 g/mol. The zero-order valence-electron chi connectivity index (χ0n) is 15.4. The van der Waals surface area contributed by atoms with Crippen molar-refractivity contribution in [3.8, 4) is 11.5 Å². The summed E-state index contributed by atoms with van der Waals surface area (Å²) in [6.07, 6.45) is 5.34. The molecule has 2 amide bonds. The van der Waals surface area contributed by atoms with E-state index in [4.69, 9.17) is 9.47 Å². The van der Waals surface area contributed by atoms with Crippen molar-refractivity contribution in [2.24, 2.45) is 0 Å². The van der Waals surface area contributed by atoms with Crippen molar-refractivity contribution >= 4 is 23.1 Å². The molecule has 1 saturated heterocycles. The highest BCUT2D eigenvalue weighted by atomic mass is 32.1. The molecule has 1 aliphatic rings. The monoisotopic (exact) mass is 374 g/mol. The lowest BCUT2D eigenvalue weighted by atomic mass is 9.98. The number of hydrogen-bond acceptors (Lipinski definition) is 4. The summed E-state index contributed by atoms with van der Waals surface area (Å²) >= 11 is 1.78. The van der Waals surface area contributed by atoms with Crippen molar-refractivity contribution in [2.45, 2.75) is 38.1 Å². The second-order valence-corrected chi connectivity index (χ2v) is 7.49. The van der Waals surface area contributed by atoms with E-state index < -0.39 is 0 Å². The number of benzene rings is 1. The highest BCUT2D eigenvalue weighted by Gasteiger charge is 2.27. The van der Waals surface area contributed by atoms with E-state index in [0.717, 1.165) is 32.2 Å². The third-order valence-electron chi connectivity index (χ3n) is 4.84. The number of nitrogens with zero attached hydrogens (tertiary/aromatic N) is 1. The van der Waals surface area contributed by atoms with Crippen LogP contribution in [0, 0.1) is 0 Å². The summed E-state index contributed by atoms with van der Waals surface area (Å²) in [4.78, 5) is 16.3. The fraction of sp³-hybridized carbons (Fsp3) is 0.450. The first-order chi connectivity index (χ1) is 12.7. The van der Waals surface area contributed by atoms with Gasteiger partial charge in [-0.3, -0.25) is 0 Å². The number of carbonyl (C=O) groups is 1. The molecule has 1 aliphatic heterocycles. The molecule has 2 heterocycles. The lowest BCUT2D eigenvalue weighted by Gasteiger charge is -2.36. The Kier molecular flexibility index (Phi) is 6.39. The molecule has 1 N–H and O–H groups in total. The van der Waals surface area contributed by atoms with Gasteiger partial charge in [-0.2, -0.15) is 0 Å². The molecule has 0 bridgehead atoms. The van der Waals surface area contributed by atoms with E-state index in [1.54, 1.807) is 31.6 Å². The number of carbonyl (C=O) groups excluding carboxylic acids is 1. The third kappa shape index (κ3) is 4.49. The van der Waals surface area contributed by atoms with E-state index in [-0.39, 0.29) is 12.1 Å². The molecule has 26 heavy (non-hydrogen) atoms. The zero-order valence-corrected chi connectivity index (χ0v) is 16.2. The van der Waals surface area contributed by atoms with Crippen LogP contribution in [0.4, 0.5) is 10.5 Å². The van der Waals surface area contributed by atoms with Crippen molar-refractivity contribution in [3.05, 3.63) is 40.6 Å². The number of methoxy groups -OCH3 is 2. The standard InChI is InChI=1S/C20H26N2O3S/c1-24-16-9-11-18(19(14-16)25-2)21-20(23)22-12-4-3-6-15(22)8-10-17-7-5-13-26-17/h5,7,9,11,13-15H,3-4,6,8,10,12H2,1-2H3,(H,21,23). The predicted molar refractivity (Wildman–Crippen MR) is 106 cm³/mol. The number of ether oxygens (including phenoxy) is 2. The van der Waals surface area contributed by atoms with Crippen LogP contribution < -0.4 is 14.8 Å². The van der Waals surface area contributed by atoms with Gasteiger partial charge in [0.1, 0.15) is 11.5 Å². The summed E-state index contributed by atoms with van der Waals surface area (Å²) < 4.78 is 10.6. The van der Waals surface area contributed by atoms with Crippen LogP contribution in [0.3, 0.4) is 0 Å². The summed E-state index contributed by atoms with van der Waals surface area (Å²) in [5.74, 6) is 1.30. The third-order valence-corrected chi connectivity index (χ3v) is 5.78. The SMILES string of the molecule is COc1ccc(NC(=O)N2CCCCC2CCc2cccs2)c(OC)c1. The van der Waals surface area contributed by atoms with Crippen molar-refractivity contribution in [1.29, 1.82) is 0 Å². The van der Waals surface area contributed by atoms with Gasteiger partial charge in [0, 0.05) is 23.5 Å². The van der Waals surface area contributed by atoms with Gasteiger partial charge in [0.15, 0.2) is 0 Å². The number of hydrogen-bond donors (Lipinski definition) is 1. The fourth-order valence-electron chi connectivity index (χ4n) is 3.42. The Morgan fingerprint density at radius 1 is 1.27 bits per heavy atom. The molecule has 0 spiro atoms. The molecule has 1 unspecified atom stereocenters. The maximum Gasteiger partial charge on any atom is 0.322 e. The molecule has 1 atom stereocenters. The molecule has 1 aromatic heterocycles. The number of likely N-dealkylation sites (tertiary alicyclic amines) is 1. The van der Waals surface area contributed by atoms with Crippen LogP contribution in [0.5, 0.6) is 11.5 Å². The number of amides is 2. The van der Waals surface area contributed by atoms with Crippen LogP contribution in [0.15, 0.2) is 35.7 Å². The largest absolute Gasteiger partial charge is 0.497 e. The molecule has 0 aliphatic carbocycles. The van der Waals surface area contributed by atoms with Crippen molar-refractivity contribution in [2.75, 3.05) is 26.1 Å². The van der Waals surface area contributed by atoms with Gasteiger partial charge in [0.05, 0.1) is 19.9 Å². The number of nitrogens with one attached hydrogen (secondary N) is 1. The maximum absolute atomic E-state index is 12.9. The van der Waals surface area contributed by atoms with Gasteiger partial charge in [-0.25, -0.2) is 4.79 Å². The van der Waals surface area contributed by atoms with E-state index in [0.29, 0.717) is 17.2 Å². The molecule has 2 aromatic rings. The van der Waals surface area contributed by atoms with E-state index in [1.165, 1.54) is 11.3 Å². The zero-order chi connectivity index (χ0) is 18.4. The molecule has 3 rings (SSSR count). The molecule has 5 nitrogen and oxygen atoms in total. The van der Waals surface area contributed by atoms with E-state index >= 15 is 0 Å². The second-order valence-electron chi connectivity index (χ2n) is 6.46. The molecule has 6 heteroatoms. The summed E-state index contributed by atoms with van der Waals surface area (Å²) in [5, 5.41) is 5.12. The normalized spacial score (nSPS) is 17.0. The summed E-state index contributed by atoms with van der Waals surface area (Å²) in [7, 11) is 3.20. The topological polar surface area (TPSA) is 50.8 Å². The Morgan fingerprint density at radius 3 is 2.88 bits per heavy atom. The molecule has 0 saturated carbocycles. The van der Waals surface area contributed by atoms with Crippen LogP contribution in [0.1, 0.15) is 30.6 Å². The maximum atomic E-state index is 12.9. The van der Waals surface area contributed by atoms with Crippen LogP contribution in [-0.2, 0) is 6.42 Å². The molecular formula is C20H26N2O3S. The first kappa shape index (κ1) is 18.6. The number of piperidine rings is 1. The lowest BCUT2D eigenvalue weighted by molar-refractivity contribution is 0.158. The van der Waals surface area contributed by atoms with Gasteiger partial charge in [-0.15, -0.1) is 11.3 Å². The minimum Gasteiger partial charge on any atom is -0.497 e. The van der Waals surface area contributed by atoms with Gasteiger partial charge in [0.2, 0.25) is 0 Å². The highest BCUT2D eigenvalue weighted by Crippen LogP contribution is 2.30. The van der Waals surface area contributed by atoms with Gasteiger partial charge in [0.25, 0.3) is 0 Å². The predicted octanol–water partition coefficient (Wildman–Crippen LogP) is 4.78. The highest BCUT2D eigenvalue weighted by molar-refractivity contribution is 7.09. The average Bonchev–Trinajstić information content (AvgIpc) is 3.20. The number of aryl methyl sites for hydroxylation is 1. The van der Waals surface area contributed by atoms with Gasteiger partial charge in [-0.05, 0) is 55.7 Å². The smallest absolute Gasteiger partial charge is 0.322 e. The summed E-state index contributed by atoms with van der Waals surface area (Å²) in [5.41, 5.74) is 0.667. The first-order valence-corrected chi connectivity index (χ1v) is 9.91. The molecule has 140 valence electrons. The Morgan fingerprint density at radius 2 is 2.15 bits per heavy atom. The van der Waals surface area contributed by atoms with Crippen LogP contribution in [0.2, 0.25) is 0 Å².